The predicted molar refractivity (Wildman–Crippen MR) is 108 cm³/mol. The van der Waals surface area contributed by atoms with Crippen LogP contribution >= 0.6 is 11.6 Å². The molecule has 6 nitrogen and oxygen atoms in total. The van der Waals surface area contributed by atoms with Crippen LogP contribution in [0.3, 0.4) is 0 Å². The van der Waals surface area contributed by atoms with Gasteiger partial charge in [-0.2, -0.15) is 4.98 Å². The number of anilines is 1. The maximum absolute atomic E-state index is 6.43. The number of hydrogen-bond donors (Lipinski definition) is 2. The van der Waals surface area contributed by atoms with E-state index in [4.69, 9.17) is 16.6 Å². The molecule has 0 atom stereocenters. The number of halogens is 1. The smallest absolute Gasteiger partial charge is 0.224 e. The summed E-state index contributed by atoms with van der Waals surface area (Å²) in [5.74, 6) is 0.662. The number of fused-ring (bicyclic) bond motifs is 3. The lowest BCUT2D eigenvalue weighted by Gasteiger charge is -2.23. The molecule has 0 aliphatic carbocycles. The molecule has 1 fully saturated rings. The normalized spacial score (nSPS) is 15.4. The highest BCUT2D eigenvalue weighted by atomic mass is 35.5. The largest absolute Gasteiger partial charge is 0.351 e. The average molecular weight is 379 g/mol. The van der Waals surface area contributed by atoms with Gasteiger partial charge in [0.1, 0.15) is 5.65 Å². The molecule has 1 aliphatic heterocycles. The van der Waals surface area contributed by atoms with Gasteiger partial charge in [0.2, 0.25) is 5.95 Å². The Bertz CT molecular complexity index is 1120. The van der Waals surface area contributed by atoms with Crippen molar-refractivity contribution in [2.24, 2.45) is 0 Å². The van der Waals surface area contributed by atoms with Gasteiger partial charge in [0.15, 0.2) is 5.65 Å². The summed E-state index contributed by atoms with van der Waals surface area (Å²) in [7, 11) is 0. The van der Waals surface area contributed by atoms with Crippen LogP contribution in [0.4, 0.5) is 5.95 Å². The minimum absolute atomic E-state index is 0.407. The van der Waals surface area contributed by atoms with E-state index in [0.29, 0.717) is 17.0 Å². The molecule has 5 rings (SSSR count). The maximum Gasteiger partial charge on any atom is 0.224 e. The molecule has 0 saturated carbocycles. The van der Waals surface area contributed by atoms with Crippen molar-refractivity contribution in [1.29, 1.82) is 0 Å². The zero-order chi connectivity index (χ0) is 18.2. The summed E-state index contributed by atoms with van der Waals surface area (Å²) in [6, 6.07) is 10.3. The Balaban J connectivity index is 1.62. The van der Waals surface area contributed by atoms with Crippen molar-refractivity contribution >= 4 is 34.2 Å². The van der Waals surface area contributed by atoms with Crippen LogP contribution in [0.15, 0.2) is 48.9 Å². The number of nitrogens with one attached hydrogen (secondary N) is 2. The lowest BCUT2D eigenvalue weighted by atomic mass is 10.1. The molecule has 4 heterocycles. The third-order valence-corrected chi connectivity index (χ3v) is 5.37. The molecule has 0 unspecified atom stereocenters. The Kier molecular flexibility index (Phi) is 4.14. The summed E-state index contributed by atoms with van der Waals surface area (Å²) in [5, 5.41) is 8.49. The SMILES string of the molecule is Clc1ccccc1-c1cc2cnc(NC3CCNCC3)nc2n2ccnc12. The maximum atomic E-state index is 6.43. The fourth-order valence-electron chi connectivity index (χ4n) is 3.67. The molecule has 2 N–H and O–H groups in total. The number of imidazole rings is 1. The Morgan fingerprint density at radius 2 is 1.93 bits per heavy atom. The van der Waals surface area contributed by atoms with Gasteiger partial charge in [0.05, 0.1) is 0 Å². The van der Waals surface area contributed by atoms with Crippen LogP contribution in [0.2, 0.25) is 5.02 Å². The molecule has 0 bridgehead atoms. The Morgan fingerprint density at radius 1 is 1.07 bits per heavy atom. The highest BCUT2D eigenvalue weighted by Crippen LogP contribution is 2.33. The van der Waals surface area contributed by atoms with Gasteiger partial charge in [0.25, 0.3) is 0 Å². The first-order valence-electron chi connectivity index (χ1n) is 9.14. The summed E-state index contributed by atoms with van der Waals surface area (Å²) < 4.78 is 2.00. The molecule has 7 heteroatoms. The van der Waals surface area contributed by atoms with Crippen molar-refractivity contribution in [2.75, 3.05) is 18.4 Å². The molecule has 27 heavy (non-hydrogen) atoms. The lowest BCUT2D eigenvalue weighted by Crippen LogP contribution is -2.35. The topological polar surface area (TPSA) is 67.1 Å². The standard InChI is InChI=1S/C20H19ClN6/c21-17-4-2-1-3-15(17)16-11-13-12-24-20(25-14-5-7-22-8-6-14)26-18(13)27-10-9-23-19(16)27/h1-4,9-12,14,22H,5-8H2,(H,24,25,26). The zero-order valence-electron chi connectivity index (χ0n) is 14.7. The fraction of sp³-hybridized carbons (Fsp3) is 0.250. The molecule has 4 aromatic rings. The van der Waals surface area contributed by atoms with Crippen molar-refractivity contribution < 1.29 is 0 Å². The first-order valence-corrected chi connectivity index (χ1v) is 9.52. The van der Waals surface area contributed by atoms with Gasteiger partial charge in [-0.15, -0.1) is 0 Å². The van der Waals surface area contributed by atoms with E-state index in [2.05, 4.69) is 26.7 Å². The van der Waals surface area contributed by atoms with Gasteiger partial charge in [0, 0.05) is 46.2 Å². The van der Waals surface area contributed by atoms with Gasteiger partial charge in [-0.05, 0) is 38.1 Å². The van der Waals surface area contributed by atoms with E-state index in [1.54, 1.807) is 6.20 Å². The number of benzene rings is 1. The molecule has 136 valence electrons. The molecule has 0 spiro atoms. The summed E-state index contributed by atoms with van der Waals surface area (Å²) in [4.78, 5) is 13.9. The van der Waals surface area contributed by atoms with Crippen LogP contribution in [0.1, 0.15) is 12.8 Å². The van der Waals surface area contributed by atoms with E-state index in [9.17, 15) is 0 Å². The van der Waals surface area contributed by atoms with Crippen LogP contribution in [-0.2, 0) is 0 Å². The Morgan fingerprint density at radius 3 is 2.78 bits per heavy atom. The third-order valence-electron chi connectivity index (χ3n) is 5.04. The van der Waals surface area contributed by atoms with Crippen LogP contribution in [0.25, 0.3) is 27.8 Å². The van der Waals surface area contributed by atoms with Crippen molar-refractivity contribution in [3.63, 3.8) is 0 Å². The summed E-state index contributed by atoms with van der Waals surface area (Å²) >= 11 is 6.43. The van der Waals surface area contributed by atoms with Gasteiger partial charge >= 0.3 is 0 Å². The first-order chi connectivity index (χ1) is 13.3. The lowest BCUT2D eigenvalue weighted by molar-refractivity contribution is 0.477. The number of aromatic nitrogens is 4. The quantitative estimate of drug-likeness (QED) is 0.568. The van der Waals surface area contributed by atoms with E-state index in [-0.39, 0.29) is 0 Å². The molecule has 1 aromatic carbocycles. The van der Waals surface area contributed by atoms with Crippen LogP contribution in [0, 0.1) is 0 Å². The highest BCUT2D eigenvalue weighted by Gasteiger charge is 2.16. The number of pyridine rings is 1. The molecular formula is C20H19ClN6. The molecule has 1 aliphatic rings. The number of rotatable bonds is 3. The minimum Gasteiger partial charge on any atom is -0.351 e. The second kappa shape index (κ2) is 6.79. The van der Waals surface area contributed by atoms with E-state index < -0.39 is 0 Å². The monoisotopic (exact) mass is 378 g/mol. The third kappa shape index (κ3) is 3.01. The summed E-state index contributed by atoms with van der Waals surface area (Å²) in [6.45, 7) is 2.05. The predicted octanol–water partition coefficient (Wildman–Crippen LogP) is 3.76. The van der Waals surface area contributed by atoms with Crippen molar-refractivity contribution in [2.45, 2.75) is 18.9 Å². The van der Waals surface area contributed by atoms with Gasteiger partial charge < -0.3 is 10.6 Å². The molecule has 3 aromatic heterocycles. The average Bonchev–Trinajstić information content (AvgIpc) is 3.19. The van der Waals surface area contributed by atoms with E-state index in [1.165, 1.54) is 0 Å². The molecule has 0 amide bonds. The molecule has 1 saturated heterocycles. The fourth-order valence-corrected chi connectivity index (χ4v) is 3.90. The minimum atomic E-state index is 0.407. The van der Waals surface area contributed by atoms with Gasteiger partial charge in [-0.25, -0.2) is 9.97 Å². The van der Waals surface area contributed by atoms with E-state index in [1.807, 2.05) is 41.1 Å². The zero-order valence-corrected chi connectivity index (χ0v) is 15.4. The number of piperidine rings is 1. The van der Waals surface area contributed by atoms with Crippen molar-refractivity contribution in [1.82, 2.24) is 24.7 Å². The van der Waals surface area contributed by atoms with E-state index in [0.717, 1.165) is 53.7 Å². The molecular weight excluding hydrogens is 360 g/mol. The van der Waals surface area contributed by atoms with E-state index >= 15 is 0 Å². The number of hydrogen-bond acceptors (Lipinski definition) is 5. The first kappa shape index (κ1) is 16.5. The van der Waals surface area contributed by atoms with Crippen LogP contribution in [-0.4, -0.2) is 38.5 Å². The van der Waals surface area contributed by atoms with Crippen molar-refractivity contribution in [3.8, 4) is 11.1 Å². The van der Waals surface area contributed by atoms with Gasteiger partial charge in [-0.3, -0.25) is 4.40 Å². The highest BCUT2D eigenvalue weighted by molar-refractivity contribution is 6.33. The Hall–Kier alpha value is -2.70. The van der Waals surface area contributed by atoms with Crippen molar-refractivity contribution in [3.05, 3.63) is 53.9 Å². The second-order valence-electron chi connectivity index (χ2n) is 6.80. The van der Waals surface area contributed by atoms with Gasteiger partial charge in [-0.1, -0.05) is 29.8 Å². The molecule has 0 radical (unpaired) electrons. The second-order valence-corrected chi connectivity index (χ2v) is 7.21. The number of nitrogens with zero attached hydrogens (tertiary/aromatic N) is 4. The van der Waals surface area contributed by atoms with Crippen LogP contribution in [0.5, 0.6) is 0 Å². The summed E-state index contributed by atoms with van der Waals surface area (Å²) in [5.41, 5.74) is 3.60. The summed E-state index contributed by atoms with van der Waals surface area (Å²) in [6.07, 6.45) is 7.74. The Labute approximate surface area is 161 Å². The van der Waals surface area contributed by atoms with Crippen LogP contribution < -0.4 is 10.6 Å².